The third kappa shape index (κ3) is 15.8. The van der Waals surface area contributed by atoms with Crippen LogP contribution in [0.2, 0.25) is 10.0 Å². The molecule has 542 valence electrons. The third-order valence-electron chi connectivity index (χ3n) is 17.8. The number of benzene rings is 5. The Morgan fingerprint density at radius 3 is 1.90 bits per heavy atom. The number of phenols is 3. The molecular formula is C66H75Cl2N9O24. The molecule has 12 rings (SSSR count). The number of halogens is 2. The number of carbonyl (C=O) groups is 8. The van der Waals surface area contributed by atoms with Gasteiger partial charge in [-0.05, 0) is 110 Å². The predicted molar refractivity (Wildman–Crippen MR) is 349 cm³/mol. The maximum absolute atomic E-state index is 16.0. The lowest BCUT2D eigenvalue weighted by Gasteiger charge is -2.47. The van der Waals surface area contributed by atoms with Crippen LogP contribution in [-0.2, 0) is 52.6 Å². The monoisotopic (exact) mass is 1450 g/mol. The van der Waals surface area contributed by atoms with Crippen molar-refractivity contribution in [3.63, 3.8) is 0 Å². The number of hydrogen-bond acceptors (Lipinski definition) is 25. The van der Waals surface area contributed by atoms with Gasteiger partial charge in [-0.3, -0.25) is 33.6 Å². The van der Waals surface area contributed by atoms with Crippen LogP contribution in [0.5, 0.6) is 46.0 Å². The number of carbonyl (C=O) groups excluding carboxylic acids is 7. The van der Waals surface area contributed by atoms with Crippen molar-refractivity contribution in [2.75, 3.05) is 13.7 Å². The maximum Gasteiger partial charge on any atom is 0.330 e. The minimum atomic E-state index is -2.35. The van der Waals surface area contributed by atoms with Gasteiger partial charge in [0.05, 0.1) is 41.3 Å². The van der Waals surface area contributed by atoms with Crippen LogP contribution in [0.15, 0.2) is 78.9 Å². The number of nitrogens with two attached hydrogens (primary N) is 2. The minimum Gasteiger partial charge on any atom is -0.508 e. The second kappa shape index (κ2) is 30.2. The SMILES string of the molecule is CNC(CC(C)C)C(=O)NC1C(=O)NC(CC(N)=O)C(=O)NC2C(=O)NC3C(=O)NC(C(=O)NC(C(=O)O)c4cc(O)cc(O)c4-c4cc3ccc4O)C(O)c3ccc(c(Cl)c3)Oc3cc2cc(c3OC2OC(CO)C(O)C(O)C2OC2C[C@](C)(N)C(O)C(C)O2)Oc2ccc(cc2Cl)C1O. The number of primary amides is 1. The van der Waals surface area contributed by atoms with Gasteiger partial charge < -0.3 is 128 Å². The molecule has 7 heterocycles. The molecule has 0 aliphatic carbocycles. The fourth-order valence-corrected chi connectivity index (χ4v) is 12.9. The number of aliphatic hydroxyl groups is 6. The molecule has 101 heavy (non-hydrogen) atoms. The first-order valence-electron chi connectivity index (χ1n) is 31.6. The van der Waals surface area contributed by atoms with Crippen LogP contribution in [0.1, 0.15) is 105 Å². The van der Waals surface area contributed by atoms with Gasteiger partial charge in [0, 0.05) is 34.7 Å². The van der Waals surface area contributed by atoms with Crippen molar-refractivity contribution in [2.24, 2.45) is 17.4 Å². The lowest BCUT2D eigenvalue weighted by atomic mass is 9.86. The number of nitrogens with one attached hydrogen (secondary N) is 7. The van der Waals surface area contributed by atoms with Gasteiger partial charge in [0.1, 0.15) is 89.5 Å². The lowest BCUT2D eigenvalue weighted by molar-refractivity contribution is -0.333. The van der Waals surface area contributed by atoms with Crippen molar-refractivity contribution in [1.29, 1.82) is 0 Å². The molecule has 33 nitrogen and oxygen atoms in total. The van der Waals surface area contributed by atoms with Crippen molar-refractivity contribution in [1.82, 2.24) is 37.2 Å². The summed E-state index contributed by atoms with van der Waals surface area (Å²) in [5.41, 5.74) is 8.00. The fraction of sp³-hybridized carbons (Fsp3) is 0.424. The summed E-state index contributed by atoms with van der Waals surface area (Å²) in [6.45, 7) is 5.66. The molecule has 21 N–H and O–H groups in total. The van der Waals surface area contributed by atoms with Crippen molar-refractivity contribution >= 4 is 70.5 Å². The average molecular weight is 1450 g/mol. The number of carboxylic acid groups (broad SMARTS) is 1. The molecule has 5 aromatic rings. The van der Waals surface area contributed by atoms with E-state index in [1.54, 1.807) is 0 Å². The van der Waals surface area contributed by atoms with Crippen LogP contribution >= 0.6 is 23.2 Å². The highest BCUT2D eigenvalue weighted by Gasteiger charge is 2.51. The Balaban J connectivity index is 1.24. The van der Waals surface area contributed by atoms with E-state index in [9.17, 15) is 75.0 Å². The summed E-state index contributed by atoms with van der Waals surface area (Å²) < 4.78 is 38.3. The van der Waals surface area contributed by atoms with Gasteiger partial charge in [0.25, 0.3) is 0 Å². The molecule has 35 heteroatoms. The molecule has 5 aromatic carbocycles. The molecule has 2 saturated heterocycles. The Kier molecular flexibility index (Phi) is 22.2. The highest BCUT2D eigenvalue weighted by atomic mass is 35.5. The van der Waals surface area contributed by atoms with Gasteiger partial charge >= 0.3 is 5.97 Å². The highest BCUT2D eigenvalue weighted by Crippen LogP contribution is 2.50. The van der Waals surface area contributed by atoms with E-state index in [4.69, 9.17) is 63.1 Å². The Morgan fingerprint density at radius 2 is 1.32 bits per heavy atom. The number of aliphatic hydroxyl groups excluding tert-OH is 6. The van der Waals surface area contributed by atoms with Gasteiger partial charge in [0.15, 0.2) is 29.9 Å². The van der Waals surface area contributed by atoms with E-state index in [0.29, 0.717) is 0 Å². The molecule has 11 bridgehead atoms. The summed E-state index contributed by atoms with van der Waals surface area (Å²) in [5, 5.41) is 131. The summed E-state index contributed by atoms with van der Waals surface area (Å²) >= 11 is 14.1. The van der Waals surface area contributed by atoms with Crippen LogP contribution in [0.4, 0.5) is 0 Å². The number of ether oxygens (including phenoxy) is 6. The topological polar surface area (TPSA) is 530 Å². The van der Waals surface area contributed by atoms with Crippen LogP contribution < -0.4 is 62.9 Å². The van der Waals surface area contributed by atoms with Gasteiger partial charge in [-0.1, -0.05) is 55.2 Å². The first-order chi connectivity index (χ1) is 47.7. The Bertz CT molecular complexity index is 4070. The van der Waals surface area contributed by atoms with E-state index in [1.807, 2.05) is 13.8 Å². The lowest BCUT2D eigenvalue weighted by Crippen LogP contribution is -2.64. The number of hydrogen-bond donors (Lipinski definition) is 19. The molecule has 0 aromatic heterocycles. The zero-order valence-corrected chi connectivity index (χ0v) is 55.8. The molecule has 0 spiro atoms. The number of aromatic hydroxyl groups is 3. The van der Waals surface area contributed by atoms with Crippen molar-refractivity contribution < 1.29 is 118 Å². The molecule has 7 aliphatic rings. The smallest absolute Gasteiger partial charge is 0.330 e. The molecule has 0 saturated carbocycles. The Morgan fingerprint density at radius 1 is 0.713 bits per heavy atom. The Hall–Kier alpha value is -9.20. The number of rotatable bonds is 13. The number of aliphatic carboxylic acids is 1. The van der Waals surface area contributed by atoms with E-state index in [0.717, 1.165) is 66.7 Å². The number of likely N-dealkylation sites (N-methyl/N-ethyl adjacent to an activating group) is 1. The van der Waals surface area contributed by atoms with Crippen LogP contribution in [0.25, 0.3) is 11.1 Å². The van der Waals surface area contributed by atoms with Gasteiger partial charge in [-0.25, -0.2) is 4.79 Å². The number of amides is 7. The van der Waals surface area contributed by atoms with E-state index >= 15 is 14.4 Å². The van der Waals surface area contributed by atoms with Crippen molar-refractivity contribution in [2.45, 2.75) is 156 Å². The van der Waals surface area contributed by atoms with Crippen LogP contribution in [0.3, 0.4) is 0 Å². The second-order valence-electron chi connectivity index (χ2n) is 25.7. The zero-order chi connectivity index (χ0) is 73.5. The summed E-state index contributed by atoms with van der Waals surface area (Å²) in [4.78, 5) is 117. The van der Waals surface area contributed by atoms with Gasteiger partial charge in [-0.15, -0.1) is 0 Å². The normalized spacial score (nSPS) is 29.4. The number of carboxylic acids is 1. The molecule has 7 aliphatic heterocycles. The van der Waals surface area contributed by atoms with E-state index in [2.05, 4.69) is 37.2 Å². The molecule has 0 radical (unpaired) electrons. The van der Waals surface area contributed by atoms with Crippen LogP contribution in [-0.4, -0.2) is 191 Å². The summed E-state index contributed by atoms with van der Waals surface area (Å²) in [6.07, 6.45) is -18.6. The molecular weight excluding hydrogens is 1370 g/mol. The van der Waals surface area contributed by atoms with Gasteiger partial charge in [0.2, 0.25) is 53.4 Å². The molecule has 17 unspecified atom stereocenters. The van der Waals surface area contributed by atoms with E-state index < -0.39 is 237 Å². The highest BCUT2D eigenvalue weighted by molar-refractivity contribution is 6.32. The number of phenolic OH excluding ortho intramolecular Hbond substituents is 3. The van der Waals surface area contributed by atoms with Crippen molar-refractivity contribution in [3.8, 4) is 57.1 Å². The van der Waals surface area contributed by atoms with Gasteiger partial charge in [-0.2, -0.15) is 0 Å². The summed E-state index contributed by atoms with van der Waals surface area (Å²) in [6, 6.07) is -0.679. The van der Waals surface area contributed by atoms with Crippen LogP contribution in [0, 0.1) is 5.92 Å². The Labute approximate surface area is 584 Å². The van der Waals surface area contributed by atoms with E-state index in [-0.39, 0.29) is 46.2 Å². The standard InChI is InChI=1S/C66H75Cl2N9O24/c1-23(2)12-34(71-5)58(88)76-49-51(83)26-7-10-38(32(67)14-26)97-40-16-28-17-41(55(40)101-65-56(54(86)53(85)42(22-78)99-65)100-44-21-66(4,70)57(87)24(3)96-44)98-39-11-8-27(15-33(39)68)52(84)50-63(93)75-48(64(94)95)31-18-29(79)19-37(81)45(31)30-13-25(6-9-36(30)80)46(60(90)77-50)74-61(91)47(28)73-59(89)35(20-43(69)82)72-62(49)92/h6-11,13-19,23-24,34-35,42,44,46-54,56-57,65,71,78-81,83-87H,12,20-22,70H2,1-5H3,(H2,69,82)(H,72,92)(H,73,89)(H,74,91)(H,75,93)(H,76,88)(H,77,90)(H,94,95)/t24?,34?,35?,42?,44?,46?,47?,48?,49?,50?,51?,52?,53?,54?,56?,57?,65?,66-/m0/s1. The second-order valence-corrected chi connectivity index (χ2v) is 26.5. The maximum atomic E-state index is 16.0. The fourth-order valence-electron chi connectivity index (χ4n) is 12.5. The minimum absolute atomic E-state index is 0.0975. The quantitative estimate of drug-likeness (QED) is 0.0743. The first kappa shape index (κ1) is 74.5. The third-order valence-corrected chi connectivity index (χ3v) is 18.4. The number of fused-ring (bicyclic) bond motifs is 15. The zero-order valence-electron chi connectivity index (χ0n) is 54.3. The first-order valence-corrected chi connectivity index (χ1v) is 32.4. The van der Waals surface area contributed by atoms with Crippen molar-refractivity contribution in [3.05, 3.63) is 117 Å². The molecule has 18 atom stereocenters. The largest absolute Gasteiger partial charge is 0.508 e. The molecule has 7 amide bonds. The summed E-state index contributed by atoms with van der Waals surface area (Å²) in [7, 11) is 1.47. The summed E-state index contributed by atoms with van der Waals surface area (Å²) in [5.74, 6) is -16.0. The predicted octanol–water partition coefficient (Wildman–Crippen LogP) is 0.106. The van der Waals surface area contributed by atoms with E-state index in [1.165, 1.54) is 33.0 Å². The average Bonchev–Trinajstić information content (AvgIpc) is 0.775. The molecule has 2 fully saturated rings.